The summed E-state index contributed by atoms with van der Waals surface area (Å²) in [4.78, 5) is 20.5. The van der Waals surface area contributed by atoms with Crippen molar-refractivity contribution in [3.8, 4) is 0 Å². The Morgan fingerprint density at radius 1 is 1.00 bits per heavy atom. The number of carbonyl (C=O) groups is 1. The Morgan fingerprint density at radius 3 is 2.50 bits per heavy atom. The van der Waals surface area contributed by atoms with Gasteiger partial charge in [0.2, 0.25) is 0 Å². The molecular formula is C18H15FN4O. The van der Waals surface area contributed by atoms with E-state index in [9.17, 15) is 9.18 Å². The number of carbonyl (C=O) groups excluding carboxylic acids is 1. The van der Waals surface area contributed by atoms with Gasteiger partial charge in [0.25, 0.3) is 5.91 Å². The van der Waals surface area contributed by atoms with Gasteiger partial charge in [-0.15, -0.1) is 0 Å². The average molecular weight is 322 g/mol. The fraction of sp³-hybridized carbons (Fsp3) is 0.0556. The van der Waals surface area contributed by atoms with Gasteiger partial charge in [-0.05, 0) is 48.5 Å². The number of hydrogen-bond acceptors (Lipinski definition) is 4. The summed E-state index contributed by atoms with van der Waals surface area (Å²) in [5.41, 5.74) is 1.86. The molecule has 2 N–H and O–H groups in total. The minimum absolute atomic E-state index is 0.314. The van der Waals surface area contributed by atoms with E-state index in [2.05, 4.69) is 20.6 Å². The van der Waals surface area contributed by atoms with Crippen molar-refractivity contribution in [3.63, 3.8) is 0 Å². The summed E-state index contributed by atoms with van der Waals surface area (Å²) >= 11 is 0. The van der Waals surface area contributed by atoms with Gasteiger partial charge in [0, 0.05) is 11.8 Å². The van der Waals surface area contributed by atoms with Crippen molar-refractivity contribution in [2.45, 2.75) is 6.54 Å². The molecule has 0 radical (unpaired) electrons. The van der Waals surface area contributed by atoms with Gasteiger partial charge in [0.1, 0.15) is 11.6 Å². The molecular weight excluding hydrogens is 307 g/mol. The van der Waals surface area contributed by atoms with Crippen LogP contribution >= 0.6 is 0 Å². The summed E-state index contributed by atoms with van der Waals surface area (Å²) in [5.74, 6) is -0.0111. The fourth-order valence-electron chi connectivity index (χ4n) is 2.06. The number of amides is 1. The van der Waals surface area contributed by atoms with Gasteiger partial charge in [-0.2, -0.15) is 0 Å². The fourth-order valence-corrected chi connectivity index (χ4v) is 2.06. The van der Waals surface area contributed by atoms with Crippen LogP contribution < -0.4 is 10.6 Å². The second kappa shape index (κ2) is 7.32. The highest BCUT2D eigenvalue weighted by Gasteiger charge is 2.06. The van der Waals surface area contributed by atoms with Crippen molar-refractivity contribution in [1.82, 2.24) is 9.97 Å². The molecule has 0 aliphatic heterocycles. The van der Waals surface area contributed by atoms with Crippen LogP contribution in [0.2, 0.25) is 0 Å². The van der Waals surface area contributed by atoms with Crippen LogP contribution in [0, 0.1) is 5.82 Å². The molecule has 3 rings (SSSR count). The van der Waals surface area contributed by atoms with E-state index in [0.717, 1.165) is 5.69 Å². The minimum Gasteiger partial charge on any atom is -0.364 e. The van der Waals surface area contributed by atoms with E-state index < -0.39 is 0 Å². The number of aromatic nitrogens is 2. The van der Waals surface area contributed by atoms with Crippen molar-refractivity contribution in [2.75, 3.05) is 10.6 Å². The van der Waals surface area contributed by atoms with E-state index in [0.29, 0.717) is 23.6 Å². The molecule has 2 heterocycles. The molecule has 0 bridgehead atoms. The maximum absolute atomic E-state index is 12.9. The molecule has 1 aromatic carbocycles. The molecule has 3 aromatic rings. The van der Waals surface area contributed by atoms with E-state index in [1.165, 1.54) is 24.3 Å². The van der Waals surface area contributed by atoms with Gasteiger partial charge < -0.3 is 10.6 Å². The Kier molecular flexibility index (Phi) is 4.76. The summed E-state index contributed by atoms with van der Waals surface area (Å²) in [6, 6.07) is 14.6. The molecule has 0 atom stereocenters. The molecule has 0 saturated carbocycles. The van der Waals surface area contributed by atoms with Crippen molar-refractivity contribution in [2.24, 2.45) is 0 Å². The topological polar surface area (TPSA) is 66.9 Å². The number of halogens is 1. The number of benzene rings is 1. The van der Waals surface area contributed by atoms with Gasteiger partial charge in [-0.25, -0.2) is 9.37 Å². The summed E-state index contributed by atoms with van der Waals surface area (Å²) in [5, 5.41) is 5.87. The third kappa shape index (κ3) is 4.13. The van der Waals surface area contributed by atoms with E-state index in [-0.39, 0.29) is 11.7 Å². The van der Waals surface area contributed by atoms with Crippen LogP contribution in [0.15, 0.2) is 67.0 Å². The predicted octanol–water partition coefficient (Wildman–Crippen LogP) is 3.48. The summed E-state index contributed by atoms with van der Waals surface area (Å²) in [7, 11) is 0. The normalized spacial score (nSPS) is 10.2. The molecule has 6 heteroatoms. The Balaban J connectivity index is 1.58. The molecule has 5 nitrogen and oxygen atoms in total. The number of pyridine rings is 2. The smallest absolute Gasteiger partial charge is 0.255 e. The lowest BCUT2D eigenvalue weighted by Crippen LogP contribution is -2.12. The van der Waals surface area contributed by atoms with Crippen LogP contribution in [0.5, 0.6) is 0 Å². The van der Waals surface area contributed by atoms with E-state index >= 15 is 0 Å². The molecule has 24 heavy (non-hydrogen) atoms. The lowest BCUT2D eigenvalue weighted by atomic mass is 10.2. The zero-order chi connectivity index (χ0) is 16.8. The molecule has 1 amide bonds. The molecule has 0 saturated heterocycles. The van der Waals surface area contributed by atoms with Gasteiger partial charge in [0.15, 0.2) is 0 Å². The SMILES string of the molecule is O=C(Nc1ccc(NCc2ccccn2)nc1)c1ccc(F)cc1. The third-order valence-electron chi connectivity index (χ3n) is 3.30. The number of hydrogen-bond donors (Lipinski definition) is 2. The first kappa shape index (κ1) is 15.6. The lowest BCUT2D eigenvalue weighted by molar-refractivity contribution is 0.102. The Bertz CT molecular complexity index is 805. The predicted molar refractivity (Wildman–Crippen MR) is 90.2 cm³/mol. The molecule has 0 fully saturated rings. The monoisotopic (exact) mass is 322 g/mol. The Labute approximate surface area is 138 Å². The largest absolute Gasteiger partial charge is 0.364 e. The molecule has 0 aliphatic carbocycles. The highest BCUT2D eigenvalue weighted by atomic mass is 19.1. The van der Waals surface area contributed by atoms with Crippen LogP contribution in [-0.2, 0) is 6.54 Å². The highest BCUT2D eigenvalue weighted by molar-refractivity contribution is 6.04. The first-order valence-electron chi connectivity index (χ1n) is 7.37. The number of rotatable bonds is 5. The molecule has 0 aliphatic rings. The van der Waals surface area contributed by atoms with Crippen LogP contribution in [-0.4, -0.2) is 15.9 Å². The lowest BCUT2D eigenvalue weighted by Gasteiger charge is -2.08. The number of nitrogens with one attached hydrogen (secondary N) is 2. The molecule has 120 valence electrons. The number of nitrogens with zero attached hydrogens (tertiary/aromatic N) is 2. The van der Waals surface area contributed by atoms with Gasteiger partial charge >= 0.3 is 0 Å². The van der Waals surface area contributed by atoms with E-state index in [4.69, 9.17) is 0 Å². The zero-order valence-corrected chi connectivity index (χ0v) is 12.7. The Morgan fingerprint density at radius 2 is 1.83 bits per heavy atom. The second-order valence-electron chi connectivity index (χ2n) is 5.07. The van der Waals surface area contributed by atoms with Crippen molar-refractivity contribution >= 4 is 17.4 Å². The van der Waals surface area contributed by atoms with Crippen molar-refractivity contribution < 1.29 is 9.18 Å². The van der Waals surface area contributed by atoms with Gasteiger partial charge in [-0.3, -0.25) is 9.78 Å². The maximum atomic E-state index is 12.9. The Hall–Kier alpha value is -3.28. The highest BCUT2D eigenvalue weighted by Crippen LogP contribution is 2.12. The molecule has 2 aromatic heterocycles. The average Bonchev–Trinajstić information content (AvgIpc) is 2.62. The van der Waals surface area contributed by atoms with Crippen LogP contribution in [0.1, 0.15) is 16.1 Å². The minimum atomic E-state index is -0.378. The zero-order valence-electron chi connectivity index (χ0n) is 12.7. The van der Waals surface area contributed by atoms with Crippen molar-refractivity contribution in [1.29, 1.82) is 0 Å². The number of anilines is 2. The summed E-state index contributed by atoms with van der Waals surface area (Å²) in [6.45, 7) is 0.565. The van der Waals surface area contributed by atoms with E-state index in [1.54, 1.807) is 24.5 Å². The molecule has 0 spiro atoms. The van der Waals surface area contributed by atoms with Crippen LogP contribution in [0.3, 0.4) is 0 Å². The quantitative estimate of drug-likeness (QED) is 0.755. The van der Waals surface area contributed by atoms with Gasteiger partial charge in [0.05, 0.1) is 24.1 Å². The third-order valence-corrected chi connectivity index (χ3v) is 3.30. The van der Waals surface area contributed by atoms with Gasteiger partial charge in [-0.1, -0.05) is 6.07 Å². The summed E-state index contributed by atoms with van der Waals surface area (Å²) < 4.78 is 12.9. The first-order chi connectivity index (χ1) is 11.7. The van der Waals surface area contributed by atoms with Crippen LogP contribution in [0.25, 0.3) is 0 Å². The summed E-state index contributed by atoms with van der Waals surface area (Å²) in [6.07, 6.45) is 3.29. The standard InChI is InChI=1S/C18H15FN4O/c19-14-6-4-13(5-7-14)18(24)23-16-8-9-17(22-12-16)21-11-15-3-1-2-10-20-15/h1-10,12H,11H2,(H,21,22)(H,23,24). The molecule has 0 unspecified atom stereocenters. The van der Waals surface area contributed by atoms with Crippen LogP contribution in [0.4, 0.5) is 15.9 Å². The first-order valence-corrected chi connectivity index (χ1v) is 7.37. The second-order valence-corrected chi connectivity index (χ2v) is 5.07. The van der Waals surface area contributed by atoms with E-state index in [1.807, 2.05) is 18.2 Å². The maximum Gasteiger partial charge on any atom is 0.255 e. The van der Waals surface area contributed by atoms with Crippen molar-refractivity contribution in [3.05, 3.63) is 84.1 Å².